The molecule has 0 spiro atoms. The van der Waals surface area contributed by atoms with Gasteiger partial charge in [0.2, 0.25) is 5.91 Å². The van der Waals surface area contributed by atoms with Gasteiger partial charge in [-0.15, -0.1) is 0 Å². The number of nitrogens with one attached hydrogen (secondary N) is 2. The quantitative estimate of drug-likeness (QED) is 0.700. The van der Waals surface area contributed by atoms with Crippen molar-refractivity contribution in [3.05, 3.63) is 0 Å². The van der Waals surface area contributed by atoms with E-state index >= 15 is 0 Å². The van der Waals surface area contributed by atoms with Gasteiger partial charge in [-0.05, 0) is 44.6 Å². The highest BCUT2D eigenvalue weighted by Gasteiger charge is 2.20. The number of carbonyl (C=O) groups is 1. The minimum absolute atomic E-state index is 0.0924. The van der Waals surface area contributed by atoms with Gasteiger partial charge in [0, 0.05) is 13.2 Å². The van der Waals surface area contributed by atoms with Crippen LogP contribution in [-0.4, -0.2) is 38.3 Å². The smallest absolute Gasteiger partial charge is 0.234 e. The lowest BCUT2D eigenvalue weighted by atomic mass is 10.1. The second-order valence-corrected chi connectivity index (χ2v) is 4.87. The van der Waals surface area contributed by atoms with Crippen molar-refractivity contribution in [3.8, 4) is 0 Å². The van der Waals surface area contributed by atoms with Crippen LogP contribution in [0.3, 0.4) is 0 Å². The number of hydrogen-bond acceptors (Lipinski definition) is 3. The Hall–Kier alpha value is -0.610. The first-order chi connectivity index (χ1) is 7.84. The van der Waals surface area contributed by atoms with Crippen molar-refractivity contribution in [3.63, 3.8) is 0 Å². The van der Waals surface area contributed by atoms with E-state index < -0.39 is 0 Å². The van der Waals surface area contributed by atoms with Crippen LogP contribution < -0.4 is 10.6 Å². The maximum Gasteiger partial charge on any atom is 0.234 e. The van der Waals surface area contributed by atoms with E-state index in [-0.39, 0.29) is 12.0 Å². The van der Waals surface area contributed by atoms with Gasteiger partial charge in [0.25, 0.3) is 0 Å². The van der Waals surface area contributed by atoms with Crippen LogP contribution in [0.5, 0.6) is 0 Å². The molecule has 0 aromatic rings. The highest BCUT2D eigenvalue weighted by Crippen LogP contribution is 2.27. The zero-order chi connectivity index (χ0) is 11.2. The lowest BCUT2D eigenvalue weighted by molar-refractivity contribution is -0.121. The molecule has 4 heteroatoms. The molecule has 0 bridgehead atoms. The molecule has 1 amide bonds. The fourth-order valence-corrected chi connectivity index (χ4v) is 1.97. The molecule has 2 aliphatic rings. The summed E-state index contributed by atoms with van der Waals surface area (Å²) >= 11 is 0. The van der Waals surface area contributed by atoms with Crippen molar-refractivity contribution >= 4 is 5.91 Å². The van der Waals surface area contributed by atoms with Crippen molar-refractivity contribution in [1.82, 2.24) is 10.6 Å². The maximum absolute atomic E-state index is 11.5. The van der Waals surface area contributed by atoms with Crippen molar-refractivity contribution in [2.45, 2.75) is 38.2 Å². The average molecular weight is 226 g/mol. The van der Waals surface area contributed by atoms with Crippen LogP contribution in [-0.2, 0) is 9.53 Å². The van der Waals surface area contributed by atoms with Gasteiger partial charge in [0.05, 0.1) is 12.6 Å². The second kappa shape index (κ2) is 6.21. The maximum atomic E-state index is 11.5. The summed E-state index contributed by atoms with van der Waals surface area (Å²) in [6.45, 7) is 2.96. The Morgan fingerprint density at radius 3 is 2.75 bits per heavy atom. The molecule has 4 nitrogen and oxygen atoms in total. The summed E-state index contributed by atoms with van der Waals surface area (Å²) in [5, 5.41) is 6.10. The van der Waals surface area contributed by atoms with Crippen LogP contribution in [0.1, 0.15) is 32.1 Å². The van der Waals surface area contributed by atoms with Crippen LogP contribution in [0.25, 0.3) is 0 Å². The number of amides is 1. The van der Waals surface area contributed by atoms with E-state index in [0.29, 0.717) is 13.1 Å². The fourth-order valence-electron chi connectivity index (χ4n) is 1.97. The minimum Gasteiger partial charge on any atom is -0.376 e. The van der Waals surface area contributed by atoms with Gasteiger partial charge in [0.15, 0.2) is 0 Å². The molecule has 1 heterocycles. The van der Waals surface area contributed by atoms with Gasteiger partial charge in [-0.3, -0.25) is 4.79 Å². The summed E-state index contributed by atoms with van der Waals surface area (Å²) in [7, 11) is 0. The van der Waals surface area contributed by atoms with Crippen molar-refractivity contribution in [1.29, 1.82) is 0 Å². The summed E-state index contributed by atoms with van der Waals surface area (Å²) in [6.07, 6.45) is 6.35. The van der Waals surface area contributed by atoms with Gasteiger partial charge in [0.1, 0.15) is 0 Å². The Morgan fingerprint density at radius 1 is 1.19 bits per heavy atom. The van der Waals surface area contributed by atoms with Crippen LogP contribution >= 0.6 is 0 Å². The Balaban J connectivity index is 1.48. The summed E-state index contributed by atoms with van der Waals surface area (Å²) in [6, 6.07) is 0. The first-order valence-corrected chi connectivity index (χ1v) is 6.43. The molecular formula is C12H22N2O2. The summed E-state index contributed by atoms with van der Waals surface area (Å²) < 4.78 is 5.55. The topological polar surface area (TPSA) is 50.4 Å². The molecule has 16 heavy (non-hydrogen) atoms. The predicted molar refractivity (Wildman–Crippen MR) is 62.2 cm³/mol. The van der Waals surface area contributed by atoms with Gasteiger partial charge >= 0.3 is 0 Å². The predicted octanol–water partition coefficient (Wildman–Crippen LogP) is 0.671. The Morgan fingerprint density at radius 2 is 2.06 bits per heavy atom. The molecule has 1 unspecified atom stereocenters. The molecule has 1 atom stereocenters. The monoisotopic (exact) mass is 226 g/mol. The molecular weight excluding hydrogens is 204 g/mol. The first kappa shape index (κ1) is 11.9. The minimum atomic E-state index is 0.0924. The number of hydrogen-bond donors (Lipinski definition) is 2. The Labute approximate surface area is 97.1 Å². The third-order valence-corrected chi connectivity index (χ3v) is 3.22. The van der Waals surface area contributed by atoms with Crippen LogP contribution in [0.15, 0.2) is 0 Å². The summed E-state index contributed by atoms with van der Waals surface area (Å²) in [5.74, 6) is 0.921. The number of carbonyl (C=O) groups excluding carboxylic acids is 1. The largest absolute Gasteiger partial charge is 0.376 e. The molecule has 92 valence electrons. The zero-order valence-electron chi connectivity index (χ0n) is 9.84. The van der Waals surface area contributed by atoms with E-state index in [2.05, 4.69) is 10.6 Å². The second-order valence-electron chi connectivity index (χ2n) is 4.87. The lowest BCUT2D eigenvalue weighted by Crippen LogP contribution is -2.40. The molecule has 2 N–H and O–H groups in total. The van der Waals surface area contributed by atoms with E-state index in [9.17, 15) is 4.79 Å². The van der Waals surface area contributed by atoms with Crippen molar-refractivity contribution in [2.75, 3.05) is 26.2 Å². The Bertz CT molecular complexity index is 223. The molecule has 1 saturated carbocycles. The first-order valence-electron chi connectivity index (χ1n) is 6.43. The summed E-state index contributed by atoms with van der Waals surface area (Å²) in [4.78, 5) is 11.5. The molecule has 0 aromatic heterocycles. The number of rotatable bonds is 6. The van der Waals surface area contributed by atoms with Crippen LogP contribution in [0.2, 0.25) is 0 Å². The van der Waals surface area contributed by atoms with E-state index in [1.807, 2.05) is 0 Å². The molecule has 1 aliphatic carbocycles. The molecule has 1 saturated heterocycles. The Kier molecular flexibility index (Phi) is 4.60. The third kappa shape index (κ3) is 4.49. The fraction of sp³-hybridized carbons (Fsp3) is 0.917. The third-order valence-electron chi connectivity index (χ3n) is 3.22. The van der Waals surface area contributed by atoms with E-state index in [0.717, 1.165) is 31.9 Å². The highest BCUT2D eigenvalue weighted by atomic mass is 16.5. The zero-order valence-corrected chi connectivity index (χ0v) is 9.84. The van der Waals surface area contributed by atoms with E-state index in [1.54, 1.807) is 0 Å². The summed E-state index contributed by atoms with van der Waals surface area (Å²) in [5.41, 5.74) is 0. The molecule has 1 aliphatic heterocycles. The van der Waals surface area contributed by atoms with Crippen molar-refractivity contribution in [2.24, 2.45) is 5.92 Å². The standard InChI is InChI=1S/C12H22N2O2/c15-12(9-13-7-10-4-5-10)14-8-11-3-1-2-6-16-11/h10-11,13H,1-9H2,(H,14,15). The van der Waals surface area contributed by atoms with Gasteiger partial charge < -0.3 is 15.4 Å². The molecule has 2 rings (SSSR count). The van der Waals surface area contributed by atoms with Crippen LogP contribution in [0, 0.1) is 5.92 Å². The highest BCUT2D eigenvalue weighted by molar-refractivity contribution is 5.77. The van der Waals surface area contributed by atoms with Gasteiger partial charge in [-0.2, -0.15) is 0 Å². The normalized spacial score (nSPS) is 25.4. The van der Waals surface area contributed by atoms with Gasteiger partial charge in [-0.25, -0.2) is 0 Å². The van der Waals surface area contributed by atoms with Gasteiger partial charge in [-0.1, -0.05) is 0 Å². The molecule has 0 aromatic carbocycles. The van der Waals surface area contributed by atoms with E-state index in [1.165, 1.54) is 19.3 Å². The van der Waals surface area contributed by atoms with Crippen LogP contribution in [0.4, 0.5) is 0 Å². The van der Waals surface area contributed by atoms with Crippen molar-refractivity contribution < 1.29 is 9.53 Å². The van der Waals surface area contributed by atoms with E-state index in [4.69, 9.17) is 4.74 Å². The lowest BCUT2D eigenvalue weighted by Gasteiger charge is -2.22. The SMILES string of the molecule is O=C(CNCC1CC1)NCC1CCCCO1. The molecule has 2 fully saturated rings. The number of ether oxygens (including phenoxy) is 1. The average Bonchev–Trinajstić information content (AvgIpc) is 3.12. The molecule has 0 radical (unpaired) electrons.